The second kappa shape index (κ2) is 12.4. The molecule has 196 valence electrons. The molecule has 0 amide bonds. The third-order valence-electron chi connectivity index (χ3n) is 7.41. The summed E-state index contributed by atoms with van der Waals surface area (Å²) in [6.07, 6.45) is 16.2. The van der Waals surface area contributed by atoms with Crippen LogP contribution < -0.4 is 10.1 Å². The van der Waals surface area contributed by atoms with E-state index in [1.807, 2.05) is 30.3 Å². The number of para-hydroxylation sites is 1. The number of pyridine rings is 1. The fraction of sp³-hybridized carbons (Fsp3) is 0.433. The molecule has 0 radical (unpaired) electrons. The van der Waals surface area contributed by atoms with E-state index in [0.717, 1.165) is 67.5 Å². The highest BCUT2D eigenvalue weighted by atomic mass is 16.5. The van der Waals surface area contributed by atoms with Gasteiger partial charge in [-0.3, -0.25) is 0 Å². The van der Waals surface area contributed by atoms with Crippen LogP contribution in [0.1, 0.15) is 43.8 Å². The molecule has 2 N–H and O–H groups in total. The average Bonchev–Trinajstić information content (AvgIpc) is 2.95. The zero-order valence-corrected chi connectivity index (χ0v) is 21.5. The first-order valence-corrected chi connectivity index (χ1v) is 13.3. The standard InChI is InChI=1S/C30H37N3O4/c1-35-29-13-12-24-10-5-11-25(30(24)32-29)27(34)20-33-14-6-9-23(19-33)18-31-26(28-21-36-15-16-37-28)17-22-7-3-2-4-8-22/h2-3,5,7,10-13,15-16,21,23,26-27,31,34H,4,6,8-9,14,17-20H2,1H3. The first kappa shape index (κ1) is 25.5. The molecular formula is C30H37N3O4. The summed E-state index contributed by atoms with van der Waals surface area (Å²) in [6, 6.07) is 9.88. The van der Waals surface area contributed by atoms with Crippen LogP contribution in [0.2, 0.25) is 0 Å². The zero-order chi connectivity index (χ0) is 25.5. The Morgan fingerprint density at radius 1 is 1.24 bits per heavy atom. The van der Waals surface area contributed by atoms with Crippen molar-refractivity contribution in [3.63, 3.8) is 0 Å². The molecule has 7 heteroatoms. The van der Waals surface area contributed by atoms with E-state index in [9.17, 15) is 5.11 Å². The molecule has 2 aromatic rings. The lowest BCUT2D eigenvalue weighted by molar-refractivity contribution is 0.0839. The molecule has 3 atom stereocenters. The smallest absolute Gasteiger partial charge is 0.213 e. The van der Waals surface area contributed by atoms with Crippen LogP contribution in [-0.4, -0.2) is 54.3 Å². The number of likely N-dealkylation sites (tertiary alicyclic amines) is 1. The molecule has 7 nitrogen and oxygen atoms in total. The molecule has 3 aliphatic rings. The van der Waals surface area contributed by atoms with E-state index in [1.165, 1.54) is 12.0 Å². The van der Waals surface area contributed by atoms with Gasteiger partial charge < -0.3 is 29.5 Å². The van der Waals surface area contributed by atoms with Crippen LogP contribution in [0.15, 0.2) is 78.7 Å². The number of fused-ring (bicyclic) bond motifs is 1. The summed E-state index contributed by atoms with van der Waals surface area (Å²) < 4.78 is 16.5. The Morgan fingerprint density at radius 2 is 2.19 bits per heavy atom. The van der Waals surface area contributed by atoms with Crippen LogP contribution in [0.5, 0.6) is 5.88 Å². The second-order valence-corrected chi connectivity index (χ2v) is 10.1. The largest absolute Gasteiger partial charge is 0.481 e. The third kappa shape index (κ3) is 6.60. The van der Waals surface area contributed by atoms with Gasteiger partial charge in [0.25, 0.3) is 0 Å². The van der Waals surface area contributed by atoms with E-state index >= 15 is 0 Å². The van der Waals surface area contributed by atoms with Crippen molar-refractivity contribution in [1.29, 1.82) is 0 Å². The number of hydrogen-bond acceptors (Lipinski definition) is 7. The first-order chi connectivity index (χ1) is 18.2. The van der Waals surface area contributed by atoms with Crippen molar-refractivity contribution in [2.75, 3.05) is 33.3 Å². The highest BCUT2D eigenvalue weighted by Crippen LogP contribution is 2.28. The highest BCUT2D eigenvalue weighted by Gasteiger charge is 2.26. The number of methoxy groups -OCH3 is 1. The van der Waals surface area contributed by atoms with Crippen molar-refractivity contribution in [2.45, 2.75) is 44.2 Å². The van der Waals surface area contributed by atoms with Crippen LogP contribution >= 0.6 is 0 Å². The Kier molecular flexibility index (Phi) is 8.56. The maximum Gasteiger partial charge on any atom is 0.213 e. The maximum atomic E-state index is 11.2. The van der Waals surface area contributed by atoms with Crippen molar-refractivity contribution in [2.24, 2.45) is 5.92 Å². The predicted octanol–water partition coefficient (Wildman–Crippen LogP) is 4.97. The molecule has 1 aliphatic carbocycles. The van der Waals surface area contributed by atoms with E-state index in [0.29, 0.717) is 18.3 Å². The Hall–Kier alpha value is -3.13. The summed E-state index contributed by atoms with van der Waals surface area (Å²) in [5.41, 5.74) is 3.07. The van der Waals surface area contributed by atoms with Crippen molar-refractivity contribution < 1.29 is 19.3 Å². The van der Waals surface area contributed by atoms with Crippen LogP contribution in [0.4, 0.5) is 0 Å². The molecule has 1 fully saturated rings. The molecule has 3 heterocycles. The minimum Gasteiger partial charge on any atom is -0.481 e. The molecule has 0 bridgehead atoms. The van der Waals surface area contributed by atoms with Gasteiger partial charge >= 0.3 is 0 Å². The fourth-order valence-corrected chi connectivity index (χ4v) is 5.47. The number of hydrogen-bond donors (Lipinski definition) is 2. The maximum absolute atomic E-state index is 11.2. The Balaban J connectivity index is 1.20. The van der Waals surface area contributed by atoms with Crippen molar-refractivity contribution in [1.82, 2.24) is 15.2 Å². The summed E-state index contributed by atoms with van der Waals surface area (Å²) in [5, 5.41) is 16.0. The number of benzene rings is 1. The molecule has 1 aromatic heterocycles. The number of piperidine rings is 1. The van der Waals surface area contributed by atoms with Crippen molar-refractivity contribution in [3.8, 4) is 5.88 Å². The molecule has 2 aliphatic heterocycles. The first-order valence-electron chi connectivity index (χ1n) is 13.3. The summed E-state index contributed by atoms with van der Waals surface area (Å²) in [7, 11) is 1.61. The number of rotatable bonds is 10. The zero-order valence-electron chi connectivity index (χ0n) is 21.5. The van der Waals surface area contributed by atoms with Gasteiger partial charge in [0.1, 0.15) is 18.8 Å². The lowest BCUT2D eigenvalue weighted by Crippen LogP contribution is -2.44. The van der Waals surface area contributed by atoms with E-state index in [-0.39, 0.29) is 6.04 Å². The number of aliphatic hydroxyl groups is 1. The number of aromatic nitrogens is 1. The number of nitrogens with one attached hydrogen (secondary N) is 1. The SMILES string of the molecule is COc1ccc2cccc(C(O)CN3CCCC(CNC(CC4=CC=CCC4)C4=COC=CO4)C3)c2n1. The van der Waals surface area contributed by atoms with E-state index < -0.39 is 6.10 Å². The van der Waals surface area contributed by atoms with E-state index in [2.05, 4.69) is 33.4 Å². The van der Waals surface area contributed by atoms with E-state index in [4.69, 9.17) is 14.2 Å². The van der Waals surface area contributed by atoms with Crippen LogP contribution in [0.3, 0.4) is 0 Å². The van der Waals surface area contributed by atoms with Crippen LogP contribution in [0.25, 0.3) is 10.9 Å². The molecular weight excluding hydrogens is 466 g/mol. The fourth-order valence-electron chi connectivity index (χ4n) is 5.47. The van der Waals surface area contributed by atoms with E-state index in [1.54, 1.807) is 25.9 Å². The average molecular weight is 504 g/mol. The van der Waals surface area contributed by atoms with Gasteiger partial charge in [-0.2, -0.15) is 0 Å². The topological polar surface area (TPSA) is 76.1 Å². The third-order valence-corrected chi connectivity index (χ3v) is 7.41. The van der Waals surface area contributed by atoms with Crippen molar-refractivity contribution in [3.05, 3.63) is 84.2 Å². The molecule has 1 saturated heterocycles. The number of allylic oxidation sites excluding steroid dienone is 3. The quantitative estimate of drug-likeness (QED) is 0.474. The van der Waals surface area contributed by atoms with Gasteiger partial charge in [-0.15, -0.1) is 0 Å². The van der Waals surface area contributed by atoms with Crippen molar-refractivity contribution >= 4 is 10.9 Å². The van der Waals surface area contributed by atoms with Gasteiger partial charge in [-0.1, -0.05) is 42.0 Å². The lowest BCUT2D eigenvalue weighted by Gasteiger charge is -2.35. The minimum absolute atomic E-state index is 0.0698. The van der Waals surface area contributed by atoms with Gasteiger partial charge in [-0.05, 0) is 57.2 Å². The molecule has 0 saturated carbocycles. The summed E-state index contributed by atoms with van der Waals surface area (Å²) in [5.74, 6) is 1.87. The van der Waals surface area contributed by atoms with Gasteiger partial charge in [0.2, 0.25) is 5.88 Å². The molecule has 1 aromatic carbocycles. The highest BCUT2D eigenvalue weighted by molar-refractivity contribution is 5.82. The van der Waals surface area contributed by atoms with Gasteiger partial charge in [0, 0.05) is 30.1 Å². The number of β-amino-alcohol motifs (C(OH)–C–C–N with tert-alkyl or cyclic N) is 1. The molecule has 37 heavy (non-hydrogen) atoms. The summed E-state index contributed by atoms with van der Waals surface area (Å²) >= 11 is 0. The van der Waals surface area contributed by atoms with Gasteiger partial charge in [0.05, 0.1) is 24.8 Å². The molecule has 5 rings (SSSR count). The Labute approximate surface area is 219 Å². The predicted molar refractivity (Wildman–Crippen MR) is 145 cm³/mol. The Morgan fingerprint density at radius 3 is 3.00 bits per heavy atom. The number of nitrogens with zero attached hydrogens (tertiary/aromatic N) is 2. The lowest BCUT2D eigenvalue weighted by atomic mass is 9.94. The Bertz CT molecular complexity index is 1190. The number of aliphatic hydroxyl groups excluding tert-OH is 1. The van der Waals surface area contributed by atoms with Gasteiger partial charge in [-0.25, -0.2) is 4.98 Å². The summed E-state index contributed by atoms with van der Waals surface area (Å²) in [6.45, 7) is 3.41. The van der Waals surface area contributed by atoms with Crippen LogP contribution in [0, 0.1) is 5.92 Å². The molecule has 0 spiro atoms. The van der Waals surface area contributed by atoms with Gasteiger partial charge in [0.15, 0.2) is 5.76 Å². The second-order valence-electron chi connectivity index (χ2n) is 10.1. The minimum atomic E-state index is -0.612. The molecule has 3 unspecified atom stereocenters. The number of ether oxygens (including phenoxy) is 3. The summed E-state index contributed by atoms with van der Waals surface area (Å²) in [4.78, 5) is 6.99. The van der Waals surface area contributed by atoms with Crippen LogP contribution in [-0.2, 0) is 9.47 Å². The normalized spacial score (nSPS) is 21.5. The monoisotopic (exact) mass is 503 g/mol.